The van der Waals surface area contributed by atoms with Gasteiger partial charge in [-0.3, -0.25) is 4.79 Å². The summed E-state index contributed by atoms with van der Waals surface area (Å²) in [4.78, 5) is 34.1. The Morgan fingerprint density at radius 2 is 1.30 bits per heavy atom. The highest BCUT2D eigenvalue weighted by molar-refractivity contribution is 5.99. The molecule has 0 aliphatic carbocycles. The molecule has 9 nitrogen and oxygen atoms in total. The zero-order valence-corrected chi connectivity index (χ0v) is 35.0. The number of carboxylic acid groups (broad SMARTS) is 1. The second-order valence-corrected chi connectivity index (χ2v) is 15.5. The molecule has 0 bridgehead atoms. The van der Waals surface area contributed by atoms with E-state index in [0.717, 1.165) is 98.6 Å². The van der Waals surface area contributed by atoms with Crippen molar-refractivity contribution >= 4 is 33.9 Å². The van der Waals surface area contributed by atoms with Gasteiger partial charge in [0.1, 0.15) is 17.4 Å². The number of aryl methyl sites for hydroxylation is 7. The van der Waals surface area contributed by atoms with Crippen LogP contribution >= 0.6 is 0 Å². The molecule has 0 radical (unpaired) electrons. The van der Waals surface area contributed by atoms with Crippen LogP contribution < -0.4 is 10.1 Å². The minimum absolute atomic E-state index is 0.125. The molecule has 2 N–H and O–H groups in total. The van der Waals surface area contributed by atoms with Crippen LogP contribution in [0.15, 0.2) is 115 Å². The zero-order valence-electron chi connectivity index (χ0n) is 35.0. The molecule has 0 saturated heterocycles. The molecule has 2 aromatic heterocycles. The van der Waals surface area contributed by atoms with Gasteiger partial charge in [0.05, 0.1) is 22.1 Å². The van der Waals surface area contributed by atoms with Gasteiger partial charge in [-0.05, 0) is 116 Å². The van der Waals surface area contributed by atoms with Gasteiger partial charge >= 0.3 is 5.97 Å². The summed E-state index contributed by atoms with van der Waals surface area (Å²) < 4.78 is 10.1. The van der Waals surface area contributed by atoms with Crippen LogP contribution in [-0.2, 0) is 24.3 Å². The maximum atomic E-state index is 12.6. The Morgan fingerprint density at radius 1 is 0.667 bits per heavy atom. The molecule has 1 amide bonds. The summed E-state index contributed by atoms with van der Waals surface area (Å²) in [5.41, 5.74) is 16.6. The van der Waals surface area contributed by atoms with E-state index in [1.54, 1.807) is 7.05 Å². The normalized spacial score (nSPS) is 11.4. The van der Waals surface area contributed by atoms with Gasteiger partial charge in [-0.25, -0.2) is 14.8 Å². The van der Waals surface area contributed by atoms with Crippen LogP contribution in [0.25, 0.3) is 67.1 Å². The number of hydrogen-bond acceptors (Lipinski definition) is 5. The predicted molar refractivity (Wildman–Crippen MR) is 241 cm³/mol. The summed E-state index contributed by atoms with van der Waals surface area (Å²) in [5.74, 6) is 1.06. The van der Waals surface area contributed by atoms with Crippen LogP contribution in [0.1, 0.15) is 51.5 Å². The molecule has 0 spiro atoms. The molecule has 60 heavy (non-hydrogen) atoms. The van der Waals surface area contributed by atoms with E-state index < -0.39 is 12.6 Å². The lowest BCUT2D eigenvalue weighted by atomic mass is 9.93. The molecule has 9 heteroatoms. The van der Waals surface area contributed by atoms with Crippen molar-refractivity contribution in [2.75, 3.05) is 13.7 Å². The summed E-state index contributed by atoms with van der Waals surface area (Å²) in [5, 5.41) is 12.0. The number of carboxylic acids is 1. The zero-order chi connectivity index (χ0) is 42.1. The van der Waals surface area contributed by atoms with E-state index in [9.17, 15) is 14.7 Å². The number of rotatable bonds is 13. The molecule has 2 heterocycles. The van der Waals surface area contributed by atoms with Crippen molar-refractivity contribution in [3.8, 4) is 50.8 Å². The lowest BCUT2D eigenvalue weighted by molar-refractivity contribution is -0.139. The van der Waals surface area contributed by atoms with Gasteiger partial charge in [0.25, 0.3) is 5.91 Å². The van der Waals surface area contributed by atoms with E-state index in [1.165, 1.54) is 22.3 Å². The number of carbonyl (C=O) groups is 2. The molecule has 8 aromatic rings. The summed E-state index contributed by atoms with van der Waals surface area (Å²) in [7, 11) is 1.65. The topological polar surface area (TPSA) is 111 Å². The van der Waals surface area contributed by atoms with E-state index >= 15 is 0 Å². The lowest BCUT2D eigenvalue weighted by Gasteiger charge is -2.16. The quantitative estimate of drug-likeness (QED) is 0.120. The average Bonchev–Trinajstić information content (AvgIpc) is 3.81. The predicted octanol–water partition coefficient (Wildman–Crippen LogP) is 10.8. The van der Waals surface area contributed by atoms with Crippen molar-refractivity contribution < 1.29 is 19.4 Å². The summed E-state index contributed by atoms with van der Waals surface area (Å²) >= 11 is 0. The number of ether oxygens (including phenoxy) is 1. The Labute approximate surface area is 350 Å². The maximum Gasteiger partial charge on any atom is 0.341 e. The standard InChI is InChI=1S/C51H49N5O4/c1-7-55-48-34(5)27-36(51(59)52-6)28-45(48)54-49(55)42-16-10-8-15-41(42)39-22-19-35(26-33(39)4)13-12-24-56-46-23-20-37(60-30-47(57)58)29-44(46)53-50(56)43-17-11-9-14-40(43)38-21-18-31(2)25-32(38)3/h8-11,14-23,25-29H,7,12-13,24,30H2,1-6H3,(H,52,59)(H,57,58). The van der Waals surface area contributed by atoms with Gasteiger partial charge in [-0.2, -0.15) is 0 Å². The van der Waals surface area contributed by atoms with Crippen LogP contribution in [0, 0.1) is 27.7 Å². The monoisotopic (exact) mass is 795 g/mol. The molecule has 0 atom stereocenters. The smallest absolute Gasteiger partial charge is 0.341 e. The van der Waals surface area contributed by atoms with E-state index in [-0.39, 0.29) is 5.91 Å². The summed E-state index contributed by atoms with van der Waals surface area (Å²) in [6, 6.07) is 39.6. The minimum atomic E-state index is -1.03. The summed E-state index contributed by atoms with van der Waals surface area (Å²) in [6.45, 7) is 11.6. The van der Waals surface area contributed by atoms with Crippen molar-refractivity contribution in [1.29, 1.82) is 0 Å². The Kier molecular flexibility index (Phi) is 11.1. The number of aromatic nitrogens is 4. The first-order valence-electron chi connectivity index (χ1n) is 20.5. The largest absolute Gasteiger partial charge is 0.482 e. The second-order valence-electron chi connectivity index (χ2n) is 15.5. The molecule has 0 unspecified atom stereocenters. The van der Waals surface area contributed by atoms with E-state index in [1.807, 2.05) is 37.3 Å². The summed E-state index contributed by atoms with van der Waals surface area (Å²) in [6.07, 6.45) is 1.73. The Hall–Kier alpha value is -7.00. The fourth-order valence-electron chi connectivity index (χ4n) is 8.61. The highest BCUT2D eigenvalue weighted by atomic mass is 16.5. The molecule has 302 valence electrons. The van der Waals surface area contributed by atoms with Crippen LogP contribution in [0.2, 0.25) is 0 Å². The fraction of sp³-hybridized carbons (Fsp3) is 0.216. The van der Waals surface area contributed by atoms with Crippen LogP contribution in [0.3, 0.4) is 0 Å². The molecule has 0 aliphatic rings. The first-order valence-corrected chi connectivity index (χ1v) is 20.5. The Bertz CT molecular complexity index is 2940. The highest BCUT2D eigenvalue weighted by Crippen LogP contribution is 2.38. The Balaban J connectivity index is 1.10. The van der Waals surface area contributed by atoms with Gasteiger partial charge in [0, 0.05) is 42.9 Å². The van der Waals surface area contributed by atoms with Gasteiger partial charge in [0.15, 0.2) is 6.61 Å². The van der Waals surface area contributed by atoms with E-state index in [0.29, 0.717) is 11.3 Å². The van der Waals surface area contributed by atoms with Gasteiger partial charge in [0.2, 0.25) is 0 Å². The first-order chi connectivity index (χ1) is 29.0. The van der Waals surface area contributed by atoms with Crippen molar-refractivity contribution in [2.24, 2.45) is 0 Å². The third-order valence-electron chi connectivity index (χ3n) is 11.4. The molecular weight excluding hydrogens is 747 g/mol. The highest BCUT2D eigenvalue weighted by Gasteiger charge is 2.21. The third-order valence-corrected chi connectivity index (χ3v) is 11.4. The number of carbonyl (C=O) groups excluding carboxylic acids is 1. The van der Waals surface area contributed by atoms with Crippen LogP contribution in [-0.4, -0.2) is 49.7 Å². The SMILES string of the molecule is CCn1c(-c2ccccc2-c2ccc(CCCn3c(-c4ccccc4-c4ccc(C)cc4C)nc4cc(OCC(=O)O)ccc43)cc2C)nc2cc(C(=O)NC)cc(C)c21. The number of amides is 1. The number of nitrogens with zero attached hydrogens (tertiary/aromatic N) is 4. The maximum absolute atomic E-state index is 12.6. The molecule has 8 rings (SSSR count). The number of imidazole rings is 2. The van der Waals surface area contributed by atoms with Crippen molar-refractivity contribution in [3.05, 3.63) is 149 Å². The average molecular weight is 796 g/mol. The molecule has 0 aliphatic heterocycles. The number of aliphatic carboxylic acids is 1. The number of hydrogen-bond donors (Lipinski definition) is 2. The molecule has 0 fully saturated rings. The minimum Gasteiger partial charge on any atom is -0.482 e. The first kappa shape index (κ1) is 39.8. The van der Waals surface area contributed by atoms with Crippen molar-refractivity contribution in [2.45, 2.75) is 60.5 Å². The molecule has 6 aromatic carbocycles. The second kappa shape index (κ2) is 16.7. The van der Waals surface area contributed by atoms with Gasteiger partial charge in [-0.15, -0.1) is 0 Å². The Morgan fingerprint density at radius 3 is 1.93 bits per heavy atom. The van der Waals surface area contributed by atoms with Crippen LogP contribution in [0.5, 0.6) is 5.75 Å². The van der Waals surface area contributed by atoms with E-state index in [4.69, 9.17) is 14.7 Å². The molecule has 0 saturated carbocycles. The number of nitrogens with one attached hydrogen (secondary N) is 1. The number of benzene rings is 6. The molecular formula is C51H49N5O4. The lowest BCUT2D eigenvalue weighted by Crippen LogP contribution is -2.17. The van der Waals surface area contributed by atoms with Crippen molar-refractivity contribution in [1.82, 2.24) is 24.4 Å². The van der Waals surface area contributed by atoms with Crippen molar-refractivity contribution in [3.63, 3.8) is 0 Å². The fourth-order valence-corrected chi connectivity index (χ4v) is 8.61. The van der Waals surface area contributed by atoms with Crippen LogP contribution in [0.4, 0.5) is 0 Å². The third kappa shape index (κ3) is 7.66. The van der Waals surface area contributed by atoms with E-state index in [2.05, 4.69) is 127 Å². The number of fused-ring (bicyclic) bond motifs is 2. The van der Waals surface area contributed by atoms with Gasteiger partial charge < -0.3 is 24.3 Å². The van der Waals surface area contributed by atoms with Gasteiger partial charge in [-0.1, -0.05) is 90.5 Å².